The molecular formula is C25H17BrFNO5S. The van der Waals surface area contributed by atoms with Gasteiger partial charge in [0.15, 0.2) is 11.5 Å². The lowest BCUT2D eigenvalue weighted by atomic mass is 10.1. The molecule has 0 aliphatic carbocycles. The third-order valence-electron chi connectivity index (χ3n) is 4.91. The first-order valence-electron chi connectivity index (χ1n) is 10.0. The van der Waals surface area contributed by atoms with Crippen LogP contribution in [0.4, 0.5) is 9.18 Å². The Balaban J connectivity index is 1.52. The van der Waals surface area contributed by atoms with Crippen LogP contribution in [-0.4, -0.2) is 29.1 Å². The van der Waals surface area contributed by atoms with Crippen molar-refractivity contribution in [1.82, 2.24) is 4.90 Å². The predicted molar refractivity (Wildman–Crippen MR) is 130 cm³/mol. The van der Waals surface area contributed by atoms with Gasteiger partial charge in [0, 0.05) is 4.47 Å². The molecule has 0 radical (unpaired) electrons. The minimum Gasteiger partial charge on any atom is -0.493 e. The van der Waals surface area contributed by atoms with Crippen LogP contribution in [0, 0.1) is 5.82 Å². The zero-order valence-corrected chi connectivity index (χ0v) is 20.2. The number of halogens is 2. The van der Waals surface area contributed by atoms with Crippen molar-refractivity contribution in [2.45, 2.75) is 6.54 Å². The van der Waals surface area contributed by atoms with Gasteiger partial charge in [0.1, 0.15) is 5.82 Å². The third kappa shape index (κ3) is 5.21. The summed E-state index contributed by atoms with van der Waals surface area (Å²) in [4.78, 5) is 39.0. The maximum absolute atomic E-state index is 13.9. The number of rotatable bonds is 6. The minimum absolute atomic E-state index is 0.0937. The van der Waals surface area contributed by atoms with Crippen molar-refractivity contribution in [2.75, 3.05) is 7.11 Å². The Hall–Kier alpha value is -3.43. The fourth-order valence-corrected chi connectivity index (χ4v) is 4.30. The monoisotopic (exact) mass is 541 g/mol. The molecule has 0 spiro atoms. The molecule has 0 atom stereocenters. The summed E-state index contributed by atoms with van der Waals surface area (Å²) in [7, 11) is 1.39. The van der Waals surface area contributed by atoms with Gasteiger partial charge < -0.3 is 9.47 Å². The van der Waals surface area contributed by atoms with E-state index in [2.05, 4.69) is 15.9 Å². The maximum atomic E-state index is 13.9. The second-order valence-electron chi connectivity index (χ2n) is 7.17. The first-order valence-corrected chi connectivity index (χ1v) is 11.6. The van der Waals surface area contributed by atoms with E-state index in [4.69, 9.17) is 9.47 Å². The van der Waals surface area contributed by atoms with Gasteiger partial charge in [0.05, 0.1) is 24.1 Å². The highest BCUT2D eigenvalue weighted by molar-refractivity contribution is 9.10. The number of methoxy groups -OCH3 is 1. The van der Waals surface area contributed by atoms with Gasteiger partial charge in [-0.3, -0.25) is 14.5 Å². The average Bonchev–Trinajstić information content (AvgIpc) is 3.08. The van der Waals surface area contributed by atoms with E-state index >= 15 is 0 Å². The number of benzene rings is 3. The van der Waals surface area contributed by atoms with Crippen LogP contribution < -0.4 is 9.47 Å². The van der Waals surface area contributed by atoms with Crippen molar-refractivity contribution in [3.8, 4) is 11.5 Å². The Morgan fingerprint density at radius 3 is 2.50 bits per heavy atom. The van der Waals surface area contributed by atoms with Crippen LogP contribution >= 0.6 is 27.7 Å². The highest BCUT2D eigenvalue weighted by Gasteiger charge is 2.35. The van der Waals surface area contributed by atoms with Crippen LogP contribution in [0.15, 0.2) is 76.1 Å². The van der Waals surface area contributed by atoms with Crippen LogP contribution in [0.3, 0.4) is 0 Å². The lowest BCUT2D eigenvalue weighted by Gasteiger charge is -2.12. The number of imide groups is 1. The molecule has 1 fully saturated rings. The molecule has 34 heavy (non-hydrogen) atoms. The predicted octanol–water partition coefficient (Wildman–Crippen LogP) is 6.05. The third-order valence-corrected chi connectivity index (χ3v) is 6.35. The van der Waals surface area contributed by atoms with Crippen molar-refractivity contribution in [1.29, 1.82) is 0 Å². The summed E-state index contributed by atoms with van der Waals surface area (Å²) >= 11 is 4.21. The van der Waals surface area contributed by atoms with E-state index in [1.54, 1.807) is 18.2 Å². The van der Waals surface area contributed by atoms with Gasteiger partial charge in [-0.2, -0.15) is 0 Å². The van der Waals surface area contributed by atoms with Crippen LogP contribution in [0.25, 0.3) is 6.08 Å². The highest BCUT2D eigenvalue weighted by Crippen LogP contribution is 2.35. The molecule has 0 saturated carbocycles. The Bertz CT molecular complexity index is 1310. The van der Waals surface area contributed by atoms with E-state index in [-0.39, 0.29) is 33.8 Å². The summed E-state index contributed by atoms with van der Waals surface area (Å²) in [6, 6.07) is 17.5. The first-order chi connectivity index (χ1) is 16.4. The van der Waals surface area contributed by atoms with E-state index in [1.165, 1.54) is 42.3 Å². The molecule has 1 aliphatic rings. The van der Waals surface area contributed by atoms with Crippen LogP contribution in [0.1, 0.15) is 21.5 Å². The molecule has 6 nitrogen and oxygen atoms in total. The van der Waals surface area contributed by atoms with Gasteiger partial charge in [-0.05, 0) is 65.4 Å². The summed E-state index contributed by atoms with van der Waals surface area (Å²) in [5.74, 6) is -1.64. The first kappa shape index (κ1) is 23.7. The zero-order valence-electron chi connectivity index (χ0n) is 17.8. The van der Waals surface area contributed by atoms with E-state index in [0.29, 0.717) is 5.56 Å². The van der Waals surface area contributed by atoms with E-state index < -0.39 is 17.7 Å². The van der Waals surface area contributed by atoms with Crippen molar-refractivity contribution < 1.29 is 28.2 Å². The molecule has 4 rings (SSSR count). The Morgan fingerprint density at radius 2 is 1.79 bits per heavy atom. The minimum atomic E-state index is -0.863. The Morgan fingerprint density at radius 1 is 1.06 bits per heavy atom. The van der Waals surface area contributed by atoms with Gasteiger partial charge in [0.2, 0.25) is 0 Å². The molecule has 0 aromatic heterocycles. The molecule has 1 saturated heterocycles. The molecule has 0 bridgehead atoms. The Labute approximate surface area is 207 Å². The standard InChI is InChI=1S/C25H17BrFNO5S/c1-32-21-12-16(8-11-20(21)33-24(30)18-4-2-3-5-19(18)27)13-22-23(29)28(25(31)34-22)14-15-6-9-17(26)10-7-15/h2-13H,14H2,1H3/b22-13-. The molecule has 3 aromatic rings. The van der Waals surface area contributed by atoms with Crippen molar-refractivity contribution >= 4 is 50.9 Å². The highest BCUT2D eigenvalue weighted by atomic mass is 79.9. The average molecular weight is 542 g/mol. The number of thioether (sulfide) groups is 1. The molecule has 0 N–H and O–H groups in total. The SMILES string of the molecule is COc1cc(/C=C2\SC(=O)N(Cc3ccc(Br)cc3)C2=O)ccc1OC(=O)c1ccccc1F. The summed E-state index contributed by atoms with van der Waals surface area (Å²) < 4.78 is 25.4. The van der Waals surface area contributed by atoms with Crippen molar-refractivity contribution in [2.24, 2.45) is 0 Å². The summed E-state index contributed by atoms with van der Waals surface area (Å²) in [5, 5.41) is -0.360. The number of amides is 2. The summed E-state index contributed by atoms with van der Waals surface area (Å²) in [6.45, 7) is 0.170. The van der Waals surface area contributed by atoms with Crippen molar-refractivity contribution in [3.63, 3.8) is 0 Å². The van der Waals surface area contributed by atoms with Gasteiger partial charge in [-0.1, -0.05) is 46.3 Å². The molecule has 2 amide bonds. The molecule has 0 unspecified atom stereocenters. The van der Waals surface area contributed by atoms with E-state index in [1.807, 2.05) is 24.3 Å². The molecule has 1 heterocycles. The Kier molecular flexibility index (Phi) is 7.14. The number of carbonyl (C=O) groups excluding carboxylic acids is 3. The smallest absolute Gasteiger partial charge is 0.346 e. The second kappa shape index (κ2) is 10.2. The normalized spacial score (nSPS) is 14.6. The van der Waals surface area contributed by atoms with Crippen molar-refractivity contribution in [3.05, 3.63) is 98.6 Å². The molecule has 1 aliphatic heterocycles. The topological polar surface area (TPSA) is 72.9 Å². The lowest BCUT2D eigenvalue weighted by Crippen LogP contribution is -2.27. The van der Waals surface area contributed by atoms with Crippen LogP contribution in [0.2, 0.25) is 0 Å². The van der Waals surface area contributed by atoms with Gasteiger partial charge in [-0.25, -0.2) is 9.18 Å². The molecule has 3 aromatic carbocycles. The fraction of sp³-hybridized carbons (Fsp3) is 0.0800. The summed E-state index contributed by atoms with van der Waals surface area (Å²) in [5.41, 5.74) is 1.19. The number of esters is 1. The second-order valence-corrected chi connectivity index (χ2v) is 9.08. The molecule has 172 valence electrons. The zero-order chi connectivity index (χ0) is 24.2. The largest absolute Gasteiger partial charge is 0.493 e. The van der Waals surface area contributed by atoms with Crippen LogP contribution in [-0.2, 0) is 11.3 Å². The lowest BCUT2D eigenvalue weighted by molar-refractivity contribution is -0.123. The van der Waals surface area contributed by atoms with E-state index in [0.717, 1.165) is 21.8 Å². The quantitative estimate of drug-likeness (QED) is 0.215. The number of carbonyl (C=O) groups is 3. The summed E-state index contributed by atoms with van der Waals surface area (Å²) in [6.07, 6.45) is 1.57. The van der Waals surface area contributed by atoms with Gasteiger partial charge in [-0.15, -0.1) is 0 Å². The van der Waals surface area contributed by atoms with Crippen LogP contribution in [0.5, 0.6) is 11.5 Å². The molecular weight excluding hydrogens is 525 g/mol. The maximum Gasteiger partial charge on any atom is 0.346 e. The number of hydrogen-bond acceptors (Lipinski definition) is 6. The number of ether oxygens (including phenoxy) is 2. The van der Waals surface area contributed by atoms with E-state index in [9.17, 15) is 18.8 Å². The number of hydrogen-bond donors (Lipinski definition) is 0. The number of nitrogens with zero attached hydrogens (tertiary/aromatic N) is 1. The van der Waals surface area contributed by atoms with Gasteiger partial charge >= 0.3 is 5.97 Å². The fourth-order valence-electron chi connectivity index (χ4n) is 3.20. The molecule has 9 heteroatoms. The van der Waals surface area contributed by atoms with Gasteiger partial charge in [0.25, 0.3) is 11.1 Å².